The average Bonchev–Trinajstić information content (AvgIpc) is 2.85. The third-order valence-corrected chi connectivity index (χ3v) is 2.68. The second-order valence-corrected chi connectivity index (χ2v) is 4.04. The minimum Gasteiger partial charge on any atom is -0.398 e. The van der Waals surface area contributed by atoms with Crippen molar-refractivity contribution in [2.45, 2.75) is 19.9 Å². The Labute approximate surface area is 106 Å². The van der Waals surface area contributed by atoms with Crippen LogP contribution in [0.4, 0.5) is 5.69 Å². The molecule has 96 valence electrons. The van der Waals surface area contributed by atoms with Gasteiger partial charge in [0.2, 0.25) is 0 Å². The maximum atomic E-state index is 5.94. The number of nitrogens with zero attached hydrogens (tertiary/aromatic N) is 4. The van der Waals surface area contributed by atoms with Gasteiger partial charge in [-0.1, -0.05) is 12.1 Å². The third kappa shape index (κ3) is 2.48. The van der Waals surface area contributed by atoms with Gasteiger partial charge in [-0.2, -0.15) is 0 Å². The Morgan fingerprint density at radius 2 is 2.17 bits per heavy atom. The number of anilines is 1. The number of hydrogen-bond acceptors (Lipinski definition) is 5. The van der Waals surface area contributed by atoms with E-state index in [-0.39, 0.29) is 6.04 Å². The minimum absolute atomic E-state index is 0.0644. The van der Waals surface area contributed by atoms with Gasteiger partial charge in [0.25, 0.3) is 0 Å². The first-order chi connectivity index (χ1) is 8.74. The van der Waals surface area contributed by atoms with Crippen LogP contribution in [0.15, 0.2) is 24.3 Å². The third-order valence-electron chi connectivity index (χ3n) is 2.68. The molecule has 1 unspecified atom stereocenters. The summed E-state index contributed by atoms with van der Waals surface area (Å²) in [6.45, 7) is 5.22. The van der Waals surface area contributed by atoms with Gasteiger partial charge in [-0.25, -0.2) is 4.68 Å². The molecule has 0 fully saturated rings. The SMILES string of the molecule is CCOCC(C)n1nnnc1-c1ccccc1N. The van der Waals surface area contributed by atoms with Crippen molar-refractivity contribution in [2.24, 2.45) is 0 Å². The number of rotatable bonds is 5. The van der Waals surface area contributed by atoms with E-state index in [9.17, 15) is 0 Å². The zero-order chi connectivity index (χ0) is 13.0. The van der Waals surface area contributed by atoms with Crippen molar-refractivity contribution in [3.05, 3.63) is 24.3 Å². The molecule has 0 spiro atoms. The van der Waals surface area contributed by atoms with Crippen molar-refractivity contribution >= 4 is 5.69 Å². The van der Waals surface area contributed by atoms with E-state index in [1.54, 1.807) is 4.68 Å². The van der Waals surface area contributed by atoms with Gasteiger partial charge < -0.3 is 10.5 Å². The van der Waals surface area contributed by atoms with Crippen molar-refractivity contribution in [3.63, 3.8) is 0 Å². The zero-order valence-electron chi connectivity index (χ0n) is 10.6. The lowest BCUT2D eigenvalue weighted by atomic mass is 10.1. The van der Waals surface area contributed by atoms with Crippen LogP contribution in [0, 0.1) is 0 Å². The summed E-state index contributed by atoms with van der Waals surface area (Å²) in [5, 5.41) is 11.8. The second kappa shape index (κ2) is 5.59. The smallest absolute Gasteiger partial charge is 0.184 e. The molecule has 0 aliphatic heterocycles. The highest BCUT2D eigenvalue weighted by Crippen LogP contribution is 2.24. The Kier molecular flexibility index (Phi) is 3.88. The molecular formula is C12H17N5O. The molecule has 0 aliphatic carbocycles. The first kappa shape index (κ1) is 12.5. The normalized spacial score (nSPS) is 12.6. The fraction of sp³-hybridized carbons (Fsp3) is 0.417. The quantitative estimate of drug-likeness (QED) is 0.810. The fourth-order valence-electron chi connectivity index (χ4n) is 1.73. The number of tetrazole rings is 1. The fourth-order valence-corrected chi connectivity index (χ4v) is 1.73. The Morgan fingerprint density at radius 1 is 1.39 bits per heavy atom. The maximum Gasteiger partial charge on any atom is 0.184 e. The number of hydrogen-bond donors (Lipinski definition) is 1. The van der Waals surface area contributed by atoms with Crippen LogP contribution in [0.25, 0.3) is 11.4 Å². The van der Waals surface area contributed by atoms with E-state index in [2.05, 4.69) is 15.5 Å². The lowest BCUT2D eigenvalue weighted by Gasteiger charge is -2.13. The number of aromatic nitrogens is 4. The summed E-state index contributed by atoms with van der Waals surface area (Å²) < 4.78 is 7.13. The molecule has 1 aromatic carbocycles. The number of ether oxygens (including phenoxy) is 1. The number of nitrogens with two attached hydrogens (primary N) is 1. The topological polar surface area (TPSA) is 78.8 Å². The van der Waals surface area contributed by atoms with Crippen LogP contribution in [0.5, 0.6) is 0 Å². The van der Waals surface area contributed by atoms with Gasteiger partial charge in [-0.3, -0.25) is 0 Å². The summed E-state index contributed by atoms with van der Waals surface area (Å²) in [6, 6.07) is 7.61. The number of nitrogen functional groups attached to an aromatic ring is 1. The molecule has 2 N–H and O–H groups in total. The van der Waals surface area contributed by atoms with Crippen LogP contribution in [-0.4, -0.2) is 33.4 Å². The Hall–Kier alpha value is -1.95. The van der Waals surface area contributed by atoms with E-state index in [1.165, 1.54) is 0 Å². The van der Waals surface area contributed by atoms with Crippen molar-refractivity contribution in [2.75, 3.05) is 18.9 Å². The minimum atomic E-state index is 0.0644. The molecule has 2 aromatic rings. The Balaban J connectivity index is 2.30. The number of para-hydroxylation sites is 1. The molecule has 18 heavy (non-hydrogen) atoms. The highest BCUT2D eigenvalue weighted by molar-refractivity contribution is 5.71. The standard InChI is InChI=1S/C12H17N5O/c1-3-18-8-9(2)17-12(14-15-16-17)10-6-4-5-7-11(10)13/h4-7,9H,3,8,13H2,1-2H3. The number of benzene rings is 1. The molecule has 1 aromatic heterocycles. The summed E-state index contributed by atoms with van der Waals surface area (Å²) in [5.74, 6) is 0.667. The van der Waals surface area contributed by atoms with Gasteiger partial charge in [0.1, 0.15) is 0 Å². The molecule has 0 bridgehead atoms. The predicted octanol–water partition coefficient (Wildman–Crippen LogP) is 1.52. The van der Waals surface area contributed by atoms with E-state index in [4.69, 9.17) is 10.5 Å². The second-order valence-electron chi connectivity index (χ2n) is 4.04. The summed E-state index contributed by atoms with van der Waals surface area (Å²) in [5.41, 5.74) is 7.44. The lowest BCUT2D eigenvalue weighted by molar-refractivity contribution is 0.115. The van der Waals surface area contributed by atoms with E-state index in [0.29, 0.717) is 24.7 Å². The van der Waals surface area contributed by atoms with Crippen molar-refractivity contribution < 1.29 is 4.74 Å². The largest absolute Gasteiger partial charge is 0.398 e. The lowest BCUT2D eigenvalue weighted by Crippen LogP contribution is -2.15. The van der Waals surface area contributed by atoms with E-state index in [1.807, 2.05) is 38.1 Å². The van der Waals surface area contributed by atoms with Gasteiger partial charge in [-0.15, -0.1) is 5.10 Å². The van der Waals surface area contributed by atoms with E-state index in [0.717, 1.165) is 5.56 Å². The Morgan fingerprint density at radius 3 is 2.89 bits per heavy atom. The van der Waals surface area contributed by atoms with Crippen LogP contribution in [0.3, 0.4) is 0 Å². The molecule has 1 atom stereocenters. The van der Waals surface area contributed by atoms with E-state index >= 15 is 0 Å². The van der Waals surface area contributed by atoms with Crippen LogP contribution < -0.4 is 5.73 Å². The molecular weight excluding hydrogens is 230 g/mol. The molecule has 6 nitrogen and oxygen atoms in total. The van der Waals surface area contributed by atoms with Crippen LogP contribution in [0.2, 0.25) is 0 Å². The van der Waals surface area contributed by atoms with Crippen molar-refractivity contribution in [1.82, 2.24) is 20.2 Å². The van der Waals surface area contributed by atoms with E-state index < -0.39 is 0 Å². The Bertz CT molecular complexity index is 511. The van der Waals surface area contributed by atoms with Gasteiger partial charge in [0.05, 0.1) is 12.6 Å². The molecule has 0 amide bonds. The summed E-state index contributed by atoms with van der Waals surface area (Å²) in [4.78, 5) is 0. The monoisotopic (exact) mass is 247 g/mol. The highest BCUT2D eigenvalue weighted by atomic mass is 16.5. The summed E-state index contributed by atoms with van der Waals surface area (Å²) in [6.07, 6.45) is 0. The first-order valence-electron chi connectivity index (χ1n) is 5.94. The maximum absolute atomic E-state index is 5.94. The van der Waals surface area contributed by atoms with Gasteiger partial charge in [0, 0.05) is 17.9 Å². The molecule has 0 radical (unpaired) electrons. The zero-order valence-corrected chi connectivity index (χ0v) is 10.6. The molecule has 6 heteroatoms. The average molecular weight is 247 g/mol. The van der Waals surface area contributed by atoms with Gasteiger partial charge >= 0.3 is 0 Å². The summed E-state index contributed by atoms with van der Waals surface area (Å²) >= 11 is 0. The molecule has 1 heterocycles. The van der Waals surface area contributed by atoms with Crippen LogP contribution >= 0.6 is 0 Å². The van der Waals surface area contributed by atoms with Crippen LogP contribution in [0.1, 0.15) is 19.9 Å². The van der Waals surface area contributed by atoms with Crippen LogP contribution in [-0.2, 0) is 4.74 Å². The van der Waals surface area contributed by atoms with Gasteiger partial charge in [-0.05, 0) is 36.4 Å². The molecule has 0 saturated carbocycles. The van der Waals surface area contributed by atoms with Gasteiger partial charge in [0.15, 0.2) is 5.82 Å². The molecule has 2 rings (SSSR count). The molecule has 0 saturated heterocycles. The summed E-state index contributed by atoms with van der Waals surface area (Å²) in [7, 11) is 0. The molecule has 0 aliphatic rings. The van der Waals surface area contributed by atoms with Crippen molar-refractivity contribution in [3.8, 4) is 11.4 Å². The predicted molar refractivity (Wildman–Crippen MR) is 68.9 cm³/mol. The first-order valence-corrected chi connectivity index (χ1v) is 5.94. The highest BCUT2D eigenvalue weighted by Gasteiger charge is 2.16. The van der Waals surface area contributed by atoms with Crippen molar-refractivity contribution in [1.29, 1.82) is 0 Å².